The monoisotopic (exact) mass is 420 g/mol. The molecule has 0 aromatic carbocycles. The van der Waals surface area contributed by atoms with Gasteiger partial charge in [-0.1, -0.05) is 0 Å². The van der Waals surface area contributed by atoms with E-state index in [1.165, 1.54) is 0 Å². The molecule has 6 radical (unpaired) electrons. The minimum Gasteiger partial charge on any atom is -0.264 e. The van der Waals surface area contributed by atoms with E-state index in [1.54, 1.807) is 0 Å². The third-order valence-electron chi connectivity index (χ3n) is 0. The largest absolute Gasteiger partial charge is 0.394 e. The van der Waals surface area contributed by atoms with E-state index in [1.807, 2.05) is 0 Å². The molecule has 0 atom stereocenters. The van der Waals surface area contributed by atoms with E-state index in [4.69, 9.17) is 52.6 Å². The topological polar surface area (TPSA) is 224 Å². The summed E-state index contributed by atoms with van der Waals surface area (Å²) in [4.78, 5) is 0. The molecule has 0 heterocycles. The van der Waals surface area contributed by atoms with Gasteiger partial charge in [-0.05, 0) is 0 Å². The van der Waals surface area contributed by atoms with E-state index >= 15 is 0 Å². The summed E-state index contributed by atoms with van der Waals surface area (Å²) < 4.78 is 94.8. The maximum Gasteiger partial charge on any atom is 0.394 e. The van der Waals surface area contributed by atoms with Crippen LogP contribution in [0.4, 0.5) is 0 Å². The molecule has 102 valence electrons. The standard InChI is InChI=1S/2K.2Mg.3H2O4S/c;;;;3*1-5(2,3)4/h;;;;3*(H2,1,2,3,4). The predicted molar refractivity (Wildman–Crippen MR) is 65.5 cm³/mol. The first-order valence-electron chi connectivity index (χ1n) is 2.10. The molecule has 0 saturated carbocycles. The van der Waals surface area contributed by atoms with Crippen molar-refractivity contribution in [2.75, 3.05) is 0 Å². The van der Waals surface area contributed by atoms with Gasteiger partial charge in [0.25, 0.3) is 0 Å². The van der Waals surface area contributed by atoms with Crippen LogP contribution in [0.3, 0.4) is 0 Å². The van der Waals surface area contributed by atoms with Crippen LogP contribution in [0.1, 0.15) is 0 Å². The molecule has 6 N–H and O–H groups in total. The second-order valence-corrected chi connectivity index (χ2v) is 4.03. The summed E-state index contributed by atoms with van der Waals surface area (Å²) in [7, 11) is -14.0. The van der Waals surface area contributed by atoms with Crippen molar-refractivity contribution in [3.63, 3.8) is 0 Å². The van der Waals surface area contributed by atoms with E-state index in [0.717, 1.165) is 0 Å². The molecule has 0 spiro atoms. The third-order valence-corrected chi connectivity index (χ3v) is 0. The second kappa shape index (κ2) is 20.5. The van der Waals surface area contributed by atoms with Gasteiger partial charge >= 0.3 is 31.2 Å². The van der Waals surface area contributed by atoms with Gasteiger partial charge in [0, 0.05) is 149 Å². The van der Waals surface area contributed by atoms with Crippen LogP contribution in [0.5, 0.6) is 0 Å². The molecule has 0 unspecified atom stereocenters. The quantitative estimate of drug-likeness (QED) is 0.166. The summed E-state index contributed by atoms with van der Waals surface area (Å²) in [5, 5.41) is 0. The van der Waals surface area contributed by atoms with Crippen LogP contribution >= 0.6 is 0 Å². The van der Waals surface area contributed by atoms with Crippen molar-refractivity contribution in [2.45, 2.75) is 0 Å². The summed E-state index contributed by atoms with van der Waals surface area (Å²) in [6.07, 6.45) is 0. The molecular formula is H6K2Mg2O12S3. The fourth-order valence-corrected chi connectivity index (χ4v) is 0. The molecule has 0 aromatic heterocycles. The van der Waals surface area contributed by atoms with Crippen molar-refractivity contribution in [2.24, 2.45) is 0 Å². The van der Waals surface area contributed by atoms with Gasteiger partial charge in [0.1, 0.15) is 0 Å². The molecule has 0 bridgehead atoms. The summed E-state index contributed by atoms with van der Waals surface area (Å²) >= 11 is 0. The van der Waals surface area contributed by atoms with Crippen molar-refractivity contribution in [3.8, 4) is 0 Å². The van der Waals surface area contributed by atoms with Crippen molar-refractivity contribution in [3.05, 3.63) is 0 Å². The molecule has 19 heavy (non-hydrogen) atoms. The van der Waals surface area contributed by atoms with Crippen molar-refractivity contribution in [1.82, 2.24) is 0 Å². The normalized spacial score (nSPS) is 9.16. The Morgan fingerprint density at radius 1 is 0.421 bits per heavy atom. The molecule has 0 aromatic rings. The minimum atomic E-state index is -4.67. The maximum atomic E-state index is 8.74. The van der Waals surface area contributed by atoms with Gasteiger partial charge in [0.15, 0.2) is 0 Å². The van der Waals surface area contributed by atoms with Gasteiger partial charge in [0.05, 0.1) is 0 Å². The van der Waals surface area contributed by atoms with Gasteiger partial charge < -0.3 is 0 Å². The Bertz CT molecular complexity index is 350. The first-order valence-corrected chi connectivity index (χ1v) is 6.29. The molecular weight excluding hydrogens is 415 g/mol. The zero-order valence-electron chi connectivity index (χ0n) is 9.77. The van der Waals surface area contributed by atoms with Crippen LogP contribution < -0.4 is 0 Å². The van der Waals surface area contributed by atoms with Crippen LogP contribution in [-0.4, -0.2) is 201 Å². The number of hydrogen-bond acceptors (Lipinski definition) is 6. The van der Waals surface area contributed by atoms with Gasteiger partial charge in [-0.2, -0.15) is 25.3 Å². The Hall–Kier alpha value is 4.42. The first-order chi connectivity index (χ1) is 6.00. The van der Waals surface area contributed by atoms with Gasteiger partial charge in [-0.15, -0.1) is 0 Å². The Morgan fingerprint density at radius 3 is 0.421 bits per heavy atom. The van der Waals surface area contributed by atoms with Crippen molar-refractivity contribution < 1.29 is 52.6 Å². The summed E-state index contributed by atoms with van der Waals surface area (Å²) in [6.45, 7) is 0. The van der Waals surface area contributed by atoms with Gasteiger partial charge in [-0.25, -0.2) is 0 Å². The van der Waals surface area contributed by atoms with E-state index in [9.17, 15) is 0 Å². The fourth-order valence-electron chi connectivity index (χ4n) is 0. The fraction of sp³-hybridized carbons (Fsp3) is 0. The summed E-state index contributed by atoms with van der Waals surface area (Å²) in [5.41, 5.74) is 0. The number of hydrogen-bond donors (Lipinski definition) is 6. The van der Waals surface area contributed by atoms with E-state index < -0.39 is 31.2 Å². The first kappa shape index (κ1) is 43.7. The second-order valence-electron chi connectivity index (χ2n) is 1.34. The van der Waals surface area contributed by atoms with Crippen molar-refractivity contribution >= 4 is 180 Å². The SMILES string of the molecule is O=S(=O)(O)O.O=S(=O)(O)O.O=S(=O)(O)O.[K].[K].[Mg].[Mg]. The van der Waals surface area contributed by atoms with Crippen LogP contribution in [0, 0.1) is 0 Å². The molecule has 0 fully saturated rings. The van der Waals surface area contributed by atoms with Gasteiger partial charge in [-0.3, -0.25) is 27.3 Å². The molecule has 0 rings (SSSR count). The average molecular weight is 421 g/mol. The van der Waals surface area contributed by atoms with Crippen LogP contribution in [-0.2, 0) is 31.2 Å². The molecule has 0 aliphatic heterocycles. The van der Waals surface area contributed by atoms with Crippen LogP contribution in [0.2, 0.25) is 0 Å². The Morgan fingerprint density at radius 2 is 0.421 bits per heavy atom. The zero-order chi connectivity index (χ0) is 13.5. The van der Waals surface area contributed by atoms with E-state index in [0.29, 0.717) is 0 Å². The molecule has 12 nitrogen and oxygen atoms in total. The third kappa shape index (κ3) is 479. The minimum absolute atomic E-state index is 0. The molecule has 19 heteroatoms. The Kier molecular flexibility index (Phi) is 47.0. The predicted octanol–water partition coefficient (Wildman–Crippen LogP) is -3.48. The average Bonchev–Trinajstić information content (AvgIpc) is 1.41. The van der Waals surface area contributed by atoms with Gasteiger partial charge in [0.2, 0.25) is 0 Å². The van der Waals surface area contributed by atoms with E-state index in [2.05, 4.69) is 0 Å². The van der Waals surface area contributed by atoms with Crippen LogP contribution in [0.25, 0.3) is 0 Å². The summed E-state index contributed by atoms with van der Waals surface area (Å²) in [5.74, 6) is 0. The maximum absolute atomic E-state index is 8.74. The van der Waals surface area contributed by atoms with E-state index in [-0.39, 0.29) is 149 Å². The Balaban J connectivity index is -0.0000000206. The zero-order valence-corrected chi connectivity index (χ0v) is 21.3. The molecule has 0 amide bonds. The molecule has 0 aliphatic rings. The smallest absolute Gasteiger partial charge is 0.264 e. The Labute approximate surface area is 227 Å². The summed E-state index contributed by atoms with van der Waals surface area (Å²) in [6, 6.07) is 0. The molecule has 0 aliphatic carbocycles. The number of rotatable bonds is 0. The molecule has 0 saturated heterocycles. The van der Waals surface area contributed by atoms with Crippen LogP contribution in [0.15, 0.2) is 0 Å². The van der Waals surface area contributed by atoms with Crippen molar-refractivity contribution in [1.29, 1.82) is 0 Å².